The van der Waals surface area contributed by atoms with E-state index in [0.29, 0.717) is 24.7 Å². The molecule has 1 aromatic rings. The van der Waals surface area contributed by atoms with Crippen LogP contribution in [0.5, 0.6) is 0 Å². The number of nitrogens with zero attached hydrogens (tertiary/aromatic N) is 2. The van der Waals surface area contributed by atoms with E-state index in [2.05, 4.69) is 5.32 Å². The Labute approximate surface area is 112 Å². The molecule has 1 amide bonds. The molecular weight excluding hydrogens is 254 g/mol. The lowest BCUT2D eigenvalue weighted by Crippen LogP contribution is -2.51. The van der Waals surface area contributed by atoms with Gasteiger partial charge in [-0.25, -0.2) is 0 Å². The summed E-state index contributed by atoms with van der Waals surface area (Å²) in [5.41, 5.74) is 0.321. The van der Waals surface area contributed by atoms with Gasteiger partial charge >= 0.3 is 0 Å². The summed E-state index contributed by atoms with van der Waals surface area (Å²) < 4.78 is 1.46. The van der Waals surface area contributed by atoms with E-state index in [1.165, 1.54) is 10.6 Å². The van der Waals surface area contributed by atoms with Gasteiger partial charge in [-0.15, -0.1) is 12.4 Å². The molecular formula is C12H18ClN3O2. The van der Waals surface area contributed by atoms with Crippen LogP contribution in [-0.4, -0.2) is 41.1 Å². The summed E-state index contributed by atoms with van der Waals surface area (Å²) in [6.45, 7) is 4.23. The van der Waals surface area contributed by atoms with Crippen molar-refractivity contribution < 1.29 is 4.79 Å². The molecule has 0 spiro atoms. The van der Waals surface area contributed by atoms with E-state index in [4.69, 9.17) is 0 Å². The summed E-state index contributed by atoms with van der Waals surface area (Å²) in [7, 11) is 1.67. The lowest BCUT2D eigenvalue weighted by Gasteiger charge is -2.31. The minimum atomic E-state index is -0.154. The maximum Gasteiger partial charge on any atom is 0.254 e. The van der Waals surface area contributed by atoms with Crippen LogP contribution in [-0.2, 0) is 7.05 Å². The van der Waals surface area contributed by atoms with Crippen LogP contribution in [0.15, 0.2) is 23.1 Å². The molecule has 2 rings (SSSR count). The second-order valence-electron chi connectivity index (χ2n) is 4.47. The molecule has 0 saturated carbocycles. The third-order valence-corrected chi connectivity index (χ3v) is 3.01. The fourth-order valence-electron chi connectivity index (χ4n) is 1.98. The van der Waals surface area contributed by atoms with Crippen LogP contribution in [0, 0.1) is 0 Å². The molecule has 100 valence electrons. The van der Waals surface area contributed by atoms with E-state index in [-0.39, 0.29) is 23.9 Å². The molecule has 1 aliphatic heterocycles. The van der Waals surface area contributed by atoms with E-state index in [1.807, 2.05) is 6.92 Å². The minimum absolute atomic E-state index is 0. The van der Waals surface area contributed by atoms with Gasteiger partial charge in [-0.1, -0.05) is 0 Å². The summed E-state index contributed by atoms with van der Waals surface area (Å²) in [4.78, 5) is 25.4. The Kier molecular flexibility index (Phi) is 4.93. The van der Waals surface area contributed by atoms with Gasteiger partial charge in [0.25, 0.3) is 11.5 Å². The second kappa shape index (κ2) is 6.02. The number of halogens is 1. The van der Waals surface area contributed by atoms with Crippen molar-refractivity contribution in [1.82, 2.24) is 14.8 Å². The number of nitrogens with one attached hydrogen (secondary N) is 1. The molecule has 6 heteroatoms. The maximum absolute atomic E-state index is 12.2. The van der Waals surface area contributed by atoms with Gasteiger partial charge in [0, 0.05) is 50.6 Å². The zero-order valence-electron chi connectivity index (χ0n) is 10.5. The van der Waals surface area contributed by atoms with Crippen molar-refractivity contribution in [2.24, 2.45) is 7.05 Å². The number of hydrogen-bond donors (Lipinski definition) is 1. The van der Waals surface area contributed by atoms with Crippen molar-refractivity contribution in [3.8, 4) is 0 Å². The van der Waals surface area contributed by atoms with Crippen LogP contribution in [0.2, 0.25) is 0 Å². The number of hydrogen-bond acceptors (Lipinski definition) is 3. The Bertz CT molecular complexity index is 486. The summed E-state index contributed by atoms with van der Waals surface area (Å²) >= 11 is 0. The first-order valence-electron chi connectivity index (χ1n) is 5.77. The van der Waals surface area contributed by atoms with Gasteiger partial charge in [-0.3, -0.25) is 9.59 Å². The maximum atomic E-state index is 12.2. The first kappa shape index (κ1) is 14.7. The zero-order valence-corrected chi connectivity index (χ0v) is 11.4. The smallest absolute Gasteiger partial charge is 0.254 e. The second-order valence-corrected chi connectivity index (χ2v) is 4.47. The molecule has 1 aliphatic rings. The Morgan fingerprint density at radius 3 is 2.83 bits per heavy atom. The number of carbonyl (C=O) groups is 1. The summed E-state index contributed by atoms with van der Waals surface area (Å²) in [5, 5.41) is 3.28. The summed E-state index contributed by atoms with van der Waals surface area (Å²) in [6, 6.07) is 3.39. The summed E-state index contributed by atoms with van der Waals surface area (Å²) in [5.74, 6) is -0.0592. The van der Waals surface area contributed by atoms with E-state index in [9.17, 15) is 9.59 Å². The highest BCUT2D eigenvalue weighted by atomic mass is 35.5. The van der Waals surface area contributed by atoms with Gasteiger partial charge in [0.2, 0.25) is 0 Å². The fourth-order valence-corrected chi connectivity index (χ4v) is 1.98. The number of rotatable bonds is 1. The highest BCUT2D eigenvalue weighted by Crippen LogP contribution is 2.05. The van der Waals surface area contributed by atoms with Gasteiger partial charge in [-0.2, -0.15) is 0 Å². The SMILES string of the molecule is C[C@@H]1CN(C(=O)c2ccn(C)c(=O)c2)CCN1.Cl. The van der Waals surface area contributed by atoms with Crippen LogP contribution in [0.1, 0.15) is 17.3 Å². The number of pyridine rings is 1. The molecule has 2 heterocycles. The fraction of sp³-hybridized carbons (Fsp3) is 0.500. The third kappa shape index (κ3) is 3.11. The molecule has 1 saturated heterocycles. The number of aryl methyl sites for hydroxylation is 1. The molecule has 5 nitrogen and oxygen atoms in total. The molecule has 0 radical (unpaired) electrons. The van der Waals surface area contributed by atoms with Crippen LogP contribution in [0.3, 0.4) is 0 Å². The van der Waals surface area contributed by atoms with Crippen LogP contribution in [0.25, 0.3) is 0 Å². The van der Waals surface area contributed by atoms with Crippen molar-refractivity contribution in [3.63, 3.8) is 0 Å². The molecule has 1 atom stereocenters. The van der Waals surface area contributed by atoms with Gasteiger partial charge < -0.3 is 14.8 Å². The van der Waals surface area contributed by atoms with Gasteiger partial charge in [-0.05, 0) is 13.0 Å². The van der Waals surface area contributed by atoms with Crippen molar-refractivity contribution in [1.29, 1.82) is 0 Å². The normalized spacial score (nSPS) is 19.2. The molecule has 0 bridgehead atoms. The van der Waals surface area contributed by atoms with Crippen molar-refractivity contribution in [3.05, 3.63) is 34.2 Å². The van der Waals surface area contributed by atoms with Gasteiger partial charge in [0.05, 0.1) is 0 Å². The van der Waals surface area contributed by atoms with Crippen LogP contribution in [0.4, 0.5) is 0 Å². The monoisotopic (exact) mass is 271 g/mol. The van der Waals surface area contributed by atoms with Crippen molar-refractivity contribution in [2.75, 3.05) is 19.6 Å². The van der Waals surface area contributed by atoms with Crippen molar-refractivity contribution >= 4 is 18.3 Å². The van der Waals surface area contributed by atoms with Gasteiger partial charge in [0.1, 0.15) is 0 Å². The molecule has 0 aromatic carbocycles. The molecule has 0 aliphatic carbocycles. The lowest BCUT2D eigenvalue weighted by molar-refractivity contribution is 0.0709. The zero-order chi connectivity index (χ0) is 12.4. The van der Waals surface area contributed by atoms with Crippen molar-refractivity contribution in [2.45, 2.75) is 13.0 Å². The number of piperazine rings is 1. The van der Waals surface area contributed by atoms with E-state index in [1.54, 1.807) is 24.2 Å². The average molecular weight is 272 g/mol. The first-order valence-corrected chi connectivity index (χ1v) is 5.77. The average Bonchev–Trinajstić information content (AvgIpc) is 2.32. The molecule has 18 heavy (non-hydrogen) atoms. The van der Waals surface area contributed by atoms with E-state index >= 15 is 0 Å². The Hall–Kier alpha value is -1.33. The number of carbonyl (C=O) groups excluding carboxylic acids is 1. The van der Waals surface area contributed by atoms with Crippen LogP contribution >= 0.6 is 12.4 Å². The highest BCUT2D eigenvalue weighted by molar-refractivity contribution is 5.94. The highest BCUT2D eigenvalue weighted by Gasteiger charge is 2.21. The topological polar surface area (TPSA) is 54.3 Å². The lowest BCUT2D eigenvalue weighted by atomic mass is 10.2. The summed E-state index contributed by atoms with van der Waals surface area (Å²) in [6.07, 6.45) is 1.63. The Morgan fingerprint density at radius 2 is 2.22 bits per heavy atom. The molecule has 1 aromatic heterocycles. The Balaban J connectivity index is 0.00000162. The Morgan fingerprint density at radius 1 is 1.50 bits per heavy atom. The largest absolute Gasteiger partial charge is 0.336 e. The van der Waals surface area contributed by atoms with E-state index < -0.39 is 0 Å². The minimum Gasteiger partial charge on any atom is -0.336 e. The number of aromatic nitrogens is 1. The van der Waals surface area contributed by atoms with Crippen LogP contribution < -0.4 is 10.9 Å². The molecule has 0 unspecified atom stereocenters. The predicted octanol–water partition coefficient (Wildman–Crippen LogP) is 0.241. The van der Waals surface area contributed by atoms with Gasteiger partial charge in [0.15, 0.2) is 0 Å². The molecule has 1 N–H and O–H groups in total. The predicted molar refractivity (Wildman–Crippen MR) is 72.3 cm³/mol. The van der Waals surface area contributed by atoms with E-state index in [0.717, 1.165) is 6.54 Å². The molecule has 1 fully saturated rings. The first-order chi connectivity index (χ1) is 8.08. The number of amides is 1. The quantitative estimate of drug-likeness (QED) is 0.796. The third-order valence-electron chi connectivity index (χ3n) is 3.01. The standard InChI is InChI=1S/C12H17N3O2.ClH/c1-9-8-15(6-4-13-9)12(17)10-3-5-14(2)11(16)7-10;/h3,5,7,9,13H,4,6,8H2,1-2H3;1H/t9-;/m1./s1.